The van der Waals surface area contributed by atoms with Gasteiger partial charge in [0, 0.05) is 38.9 Å². The van der Waals surface area contributed by atoms with E-state index in [-0.39, 0.29) is 12.0 Å². The SMILES string of the molecule is O=C(NCCNc1cc(N2CCCC2)ncn1)C1CCCO1. The third-order valence-corrected chi connectivity index (χ3v) is 4.04. The van der Waals surface area contributed by atoms with Gasteiger partial charge in [0.05, 0.1) is 0 Å². The Morgan fingerprint density at radius 2 is 2.14 bits per heavy atom. The lowest BCUT2D eigenvalue weighted by Crippen LogP contribution is -2.36. The lowest BCUT2D eigenvalue weighted by atomic mass is 10.2. The van der Waals surface area contributed by atoms with E-state index in [0.29, 0.717) is 19.7 Å². The van der Waals surface area contributed by atoms with Crippen molar-refractivity contribution in [2.24, 2.45) is 0 Å². The number of ether oxygens (including phenoxy) is 1. The molecule has 1 aromatic heterocycles. The van der Waals surface area contributed by atoms with Crippen LogP contribution in [0.3, 0.4) is 0 Å². The molecule has 1 amide bonds. The van der Waals surface area contributed by atoms with Crippen LogP contribution in [0.1, 0.15) is 25.7 Å². The van der Waals surface area contributed by atoms with Crippen molar-refractivity contribution in [1.29, 1.82) is 0 Å². The van der Waals surface area contributed by atoms with Crippen LogP contribution in [-0.4, -0.2) is 54.8 Å². The van der Waals surface area contributed by atoms with E-state index in [1.54, 1.807) is 6.33 Å². The van der Waals surface area contributed by atoms with E-state index in [1.807, 2.05) is 6.07 Å². The van der Waals surface area contributed by atoms with Gasteiger partial charge < -0.3 is 20.3 Å². The second-order valence-corrected chi connectivity index (χ2v) is 5.68. The summed E-state index contributed by atoms with van der Waals surface area (Å²) in [6.07, 6.45) is 5.56. The normalized spacial score (nSPS) is 21.1. The number of anilines is 2. The van der Waals surface area contributed by atoms with Crippen LogP contribution < -0.4 is 15.5 Å². The fraction of sp³-hybridized carbons (Fsp3) is 0.667. The minimum atomic E-state index is -0.263. The molecular formula is C15H23N5O2. The third-order valence-electron chi connectivity index (χ3n) is 4.04. The molecule has 1 atom stereocenters. The molecule has 1 unspecified atom stereocenters. The molecule has 0 spiro atoms. The lowest BCUT2D eigenvalue weighted by Gasteiger charge is -2.16. The van der Waals surface area contributed by atoms with Gasteiger partial charge in [-0.1, -0.05) is 0 Å². The number of nitrogens with one attached hydrogen (secondary N) is 2. The summed E-state index contributed by atoms with van der Waals surface area (Å²) in [6.45, 7) is 4.01. The van der Waals surface area contributed by atoms with Gasteiger partial charge >= 0.3 is 0 Å². The van der Waals surface area contributed by atoms with E-state index in [0.717, 1.165) is 37.6 Å². The van der Waals surface area contributed by atoms with Gasteiger partial charge in [0.1, 0.15) is 24.1 Å². The van der Waals surface area contributed by atoms with Gasteiger partial charge in [-0.2, -0.15) is 0 Å². The largest absolute Gasteiger partial charge is 0.368 e. The summed E-state index contributed by atoms with van der Waals surface area (Å²) >= 11 is 0. The second kappa shape index (κ2) is 7.40. The molecule has 7 nitrogen and oxygen atoms in total. The summed E-state index contributed by atoms with van der Waals surface area (Å²) in [5, 5.41) is 6.11. The molecule has 2 aliphatic rings. The first-order valence-corrected chi connectivity index (χ1v) is 8.03. The average molecular weight is 305 g/mol. The highest BCUT2D eigenvalue weighted by Crippen LogP contribution is 2.19. The highest BCUT2D eigenvalue weighted by Gasteiger charge is 2.22. The van der Waals surface area contributed by atoms with Crippen molar-refractivity contribution in [3.8, 4) is 0 Å². The van der Waals surface area contributed by atoms with Crippen LogP contribution >= 0.6 is 0 Å². The highest BCUT2D eigenvalue weighted by molar-refractivity contribution is 5.80. The quantitative estimate of drug-likeness (QED) is 0.756. The number of rotatable bonds is 6. The molecule has 2 N–H and O–H groups in total. The number of hydrogen-bond acceptors (Lipinski definition) is 6. The zero-order valence-corrected chi connectivity index (χ0v) is 12.8. The summed E-state index contributed by atoms with van der Waals surface area (Å²) in [6, 6.07) is 1.97. The monoisotopic (exact) mass is 305 g/mol. The second-order valence-electron chi connectivity index (χ2n) is 5.68. The van der Waals surface area contributed by atoms with Crippen molar-refractivity contribution in [3.63, 3.8) is 0 Å². The Labute approximate surface area is 130 Å². The zero-order valence-electron chi connectivity index (χ0n) is 12.8. The van der Waals surface area contributed by atoms with Crippen molar-refractivity contribution in [2.45, 2.75) is 31.8 Å². The smallest absolute Gasteiger partial charge is 0.249 e. The van der Waals surface area contributed by atoms with E-state index in [9.17, 15) is 4.79 Å². The molecule has 0 aromatic carbocycles. The van der Waals surface area contributed by atoms with Crippen molar-refractivity contribution in [2.75, 3.05) is 43.0 Å². The molecule has 0 bridgehead atoms. The Morgan fingerprint density at radius 1 is 1.27 bits per heavy atom. The third kappa shape index (κ3) is 3.85. The van der Waals surface area contributed by atoms with E-state index in [1.165, 1.54) is 12.8 Å². The maximum atomic E-state index is 11.8. The molecule has 0 saturated carbocycles. The number of aromatic nitrogens is 2. The zero-order chi connectivity index (χ0) is 15.2. The molecule has 3 rings (SSSR count). The van der Waals surface area contributed by atoms with Crippen molar-refractivity contribution in [3.05, 3.63) is 12.4 Å². The number of carbonyl (C=O) groups is 1. The summed E-state index contributed by atoms with van der Waals surface area (Å²) in [5.41, 5.74) is 0. The molecule has 0 radical (unpaired) electrons. The number of carbonyl (C=O) groups excluding carboxylic acids is 1. The van der Waals surface area contributed by atoms with Crippen LogP contribution in [0, 0.1) is 0 Å². The molecule has 22 heavy (non-hydrogen) atoms. The van der Waals surface area contributed by atoms with Crippen LogP contribution in [-0.2, 0) is 9.53 Å². The van der Waals surface area contributed by atoms with Crippen LogP contribution in [0.2, 0.25) is 0 Å². The van der Waals surface area contributed by atoms with Gasteiger partial charge in [0.2, 0.25) is 5.91 Å². The molecule has 3 heterocycles. The standard InChI is InChI=1S/C15H23N5O2/c21-15(12-4-3-9-22-12)17-6-5-16-13-10-14(19-11-18-13)20-7-1-2-8-20/h10-12H,1-9H2,(H,17,21)(H,16,18,19). The Kier molecular flexibility index (Phi) is 5.05. The Balaban J connectivity index is 1.41. The molecule has 1 aromatic rings. The average Bonchev–Trinajstić information content (AvgIpc) is 3.24. The minimum Gasteiger partial charge on any atom is -0.368 e. The van der Waals surface area contributed by atoms with Gasteiger partial charge in [-0.25, -0.2) is 9.97 Å². The molecule has 120 valence electrons. The maximum absolute atomic E-state index is 11.8. The first-order chi connectivity index (χ1) is 10.8. The predicted octanol–water partition coefficient (Wildman–Crippen LogP) is 0.784. The van der Waals surface area contributed by atoms with Gasteiger partial charge in [-0.3, -0.25) is 4.79 Å². The fourth-order valence-electron chi connectivity index (χ4n) is 2.84. The summed E-state index contributed by atoms with van der Waals surface area (Å²) < 4.78 is 5.34. The van der Waals surface area contributed by atoms with Crippen LogP contribution in [0.25, 0.3) is 0 Å². The van der Waals surface area contributed by atoms with Crippen LogP contribution in [0.15, 0.2) is 12.4 Å². The Morgan fingerprint density at radius 3 is 2.91 bits per heavy atom. The topological polar surface area (TPSA) is 79.4 Å². The predicted molar refractivity (Wildman–Crippen MR) is 84.0 cm³/mol. The molecule has 7 heteroatoms. The van der Waals surface area contributed by atoms with Crippen molar-refractivity contribution < 1.29 is 9.53 Å². The summed E-state index contributed by atoms with van der Waals surface area (Å²) in [7, 11) is 0. The van der Waals surface area contributed by atoms with Gasteiger partial charge in [0.15, 0.2) is 0 Å². The van der Waals surface area contributed by atoms with Gasteiger partial charge in [-0.05, 0) is 25.7 Å². The van der Waals surface area contributed by atoms with Crippen molar-refractivity contribution >= 4 is 17.5 Å². The van der Waals surface area contributed by atoms with E-state index in [2.05, 4.69) is 25.5 Å². The van der Waals surface area contributed by atoms with E-state index in [4.69, 9.17) is 4.74 Å². The maximum Gasteiger partial charge on any atom is 0.249 e. The highest BCUT2D eigenvalue weighted by atomic mass is 16.5. The Bertz CT molecular complexity index is 498. The number of nitrogens with zero attached hydrogens (tertiary/aromatic N) is 3. The lowest BCUT2D eigenvalue weighted by molar-refractivity contribution is -0.129. The molecule has 2 aliphatic heterocycles. The minimum absolute atomic E-state index is 0.0141. The Hall–Kier alpha value is -1.89. The summed E-state index contributed by atoms with van der Waals surface area (Å²) in [4.78, 5) is 22.6. The first-order valence-electron chi connectivity index (χ1n) is 8.03. The first kappa shape index (κ1) is 15.0. The fourth-order valence-corrected chi connectivity index (χ4v) is 2.84. The number of amides is 1. The molecule has 2 fully saturated rings. The van der Waals surface area contributed by atoms with Crippen LogP contribution in [0.4, 0.5) is 11.6 Å². The van der Waals surface area contributed by atoms with Crippen molar-refractivity contribution in [1.82, 2.24) is 15.3 Å². The van der Waals surface area contributed by atoms with E-state index >= 15 is 0 Å². The molecule has 0 aliphatic carbocycles. The van der Waals surface area contributed by atoms with Gasteiger partial charge in [-0.15, -0.1) is 0 Å². The molecular weight excluding hydrogens is 282 g/mol. The molecule has 2 saturated heterocycles. The van der Waals surface area contributed by atoms with E-state index < -0.39 is 0 Å². The van der Waals surface area contributed by atoms with Crippen LogP contribution in [0.5, 0.6) is 0 Å². The number of hydrogen-bond donors (Lipinski definition) is 2. The summed E-state index contributed by atoms with van der Waals surface area (Å²) in [5.74, 6) is 1.75. The van der Waals surface area contributed by atoms with Gasteiger partial charge in [0.25, 0.3) is 0 Å².